The van der Waals surface area contributed by atoms with Crippen LogP contribution in [0.1, 0.15) is 51.5 Å². The van der Waals surface area contributed by atoms with E-state index < -0.39 is 6.10 Å². The van der Waals surface area contributed by atoms with Gasteiger partial charge in [0.15, 0.2) is 6.10 Å². The van der Waals surface area contributed by atoms with Gasteiger partial charge in [0.2, 0.25) is 0 Å². The fourth-order valence-corrected chi connectivity index (χ4v) is 4.31. The van der Waals surface area contributed by atoms with Crippen molar-refractivity contribution in [1.82, 2.24) is 9.88 Å². The number of amides is 1. The molecular formula is C26H30N2O2. The van der Waals surface area contributed by atoms with Crippen LogP contribution in [0.3, 0.4) is 0 Å². The van der Waals surface area contributed by atoms with Gasteiger partial charge in [-0.3, -0.25) is 9.78 Å². The summed E-state index contributed by atoms with van der Waals surface area (Å²) in [6.07, 6.45) is 4.72. The topological polar surface area (TPSA) is 42.4 Å². The second-order valence-corrected chi connectivity index (χ2v) is 8.43. The van der Waals surface area contributed by atoms with Gasteiger partial charge in [-0.25, -0.2) is 0 Å². The molecule has 1 fully saturated rings. The van der Waals surface area contributed by atoms with E-state index in [0.717, 1.165) is 36.8 Å². The highest BCUT2D eigenvalue weighted by Gasteiger charge is 2.23. The molecule has 30 heavy (non-hydrogen) atoms. The lowest BCUT2D eigenvalue weighted by Crippen LogP contribution is -2.43. The molecule has 0 aliphatic carbocycles. The molecule has 2 heterocycles. The van der Waals surface area contributed by atoms with Gasteiger partial charge in [-0.1, -0.05) is 38.1 Å². The quantitative estimate of drug-likeness (QED) is 0.541. The summed E-state index contributed by atoms with van der Waals surface area (Å²) in [5.41, 5.74) is 4.61. The van der Waals surface area contributed by atoms with Crippen LogP contribution >= 0.6 is 0 Å². The molecule has 4 heteroatoms. The van der Waals surface area contributed by atoms with E-state index in [0.29, 0.717) is 11.7 Å². The van der Waals surface area contributed by atoms with E-state index in [1.165, 1.54) is 23.1 Å². The molecular weight excluding hydrogens is 372 g/mol. The molecule has 1 aliphatic rings. The van der Waals surface area contributed by atoms with E-state index >= 15 is 0 Å². The molecule has 1 aliphatic heterocycles. The number of aromatic nitrogens is 1. The van der Waals surface area contributed by atoms with Crippen molar-refractivity contribution < 1.29 is 9.53 Å². The monoisotopic (exact) mass is 402 g/mol. The highest BCUT2D eigenvalue weighted by Crippen LogP contribution is 2.34. The van der Waals surface area contributed by atoms with Crippen LogP contribution in [-0.2, 0) is 4.79 Å². The molecule has 0 unspecified atom stereocenters. The third-order valence-corrected chi connectivity index (χ3v) is 5.92. The Morgan fingerprint density at radius 1 is 0.967 bits per heavy atom. The first-order chi connectivity index (χ1) is 14.5. The van der Waals surface area contributed by atoms with Crippen LogP contribution < -0.4 is 4.74 Å². The number of piperidine rings is 1. The Labute approximate surface area is 178 Å². The van der Waals surface area contributed by atoms with E-state index in [9.17, 15) is 4.79 Å². The molecule has 1 saturated heterocycles. The number of benzene rings is 2. The fraction of sp³-hybridized carbons (Fsp3) is 0.385. The van der Waals surface area contributed by atoms with Crippen LogP contribution in [0.25, 0.3) is 22.0 Å². The van der Waals surface area contributed by atoms with Crippen LogP contribution in [0.4, 0.5) is 0 Å². The van der Waals surface area contributed by atoms with Gasteiger partial charge in [0, 0.05) is 30.7 Å². The Hall–Kier alpha value is -2.88. The number of nitrogens with zero attached hydrogens (tertiary/aromatic N) is 2. The zero-order valence-electron chi connectivity index (χ0n) is 18.1. The molecule has 0 saturated carbocycles. The summed E-state index contributed by atoms with van der Waals surface area (Å²) in [7, 11) is 0. The summed E-state index contributed by atoms with van der Waals surface area (Å²) in [5, 5.41) is 1.09. The zero-order chi connectivity index (χ0) is 21.1. The lowest BCUT2D eigenvalue weighted by Gasteiger charge is -2.29. The molecule has 1 aromatic heterocycles. The van der Waals surface area contributed by atoms with Gasteiger partial charge in [-0.15, -0.1) is 0 Å². The number of carbonyl (C=O) groups is 1. The third-order valence-electron chi connectivity index (χ3n) is 5.92. The smallest absolute Gasteiger partial charge is 0.263 e. The average molecular weight is 403 g/mol. The second kappa shape index (κ2) is 8.86. The Bertz CT molecular complexity index is 1040. The van der Waals surface area contributed by atoms with Crippen molar-refractivity contribution in [3.8, 4) is 16.9 Å². The molecule has 4 nitrogen and oxygen atoms in total. The number of ether oxygens (including phenoxy) is 1. The van der Waals surface area contributed by atoms with Gasteiger partial charge >= 0.3 is 0 Å². The minimum Gasteiger partial charge on any atom is -0.481 e. The maximum Gasteiger partial charge on any atom is 0.263 e. The molecule has 3 aromatic rings. The van der Waals surface area contributed by atoms with Crippen LogP contribution in [0.5, 0.6) is 5.75 Å². The lowest BCUT2D eigenvalue weighted by atomic mass is 9.91. The van der Waals surface area contributed by atoms with Crippen molar-refractivity contribution in [3.05, 3.63) is 60.3 Å². The Morgan fingerprint density at radius 3 is 2.50 bits per heavy atom. The highest BCUT2D eigenvalue weighted by atomic mass is 16.5. The first-order valence-electron chi connectivity index (χ1n) is 11.0. The highest BCUT2D eigenvalue weighted by molar-refractivity contribution is 5.95. The zero-order valence-corrected chi connectivity index (χ0v) is 18.1. The van der Waals surface area contributed by atoms with Crippen molar-refractivity contribution in [2.24, 2.45) is 0 Å². The molecule has 1 atom stereocenters. The Balaban J connectivity index is 1.61. The van der Waals surface area contributed by atoms with E-state index in [2.05, 4.69) is 55.2 Å². The molecule has 0 bridgehead atoms. The summed E-state index contributed by atoms with van der Waals surface area (Å²) in [6, 6.07) is 16.6. The van der Waals surface area contributed by atoms with Crippen molar-refractivity contribution in [2.75, 3.05) is 13.1 Å². The van der Waals surface area contributed by atoms with E-state index in [4.69, 9.17) is 4.74 Å². The predicted molar refractivity (Wildman–Crippen MR) is 122 cm³/mol. The molecule has 4 rings (SSSR count). The van der Waals surface area contributed by atoms with Crippen molar-refractivity contribution in [1.29, 1.82) is 0 Å². The summed E-state index contributed by atoms with van der Waals surface area (Å²) >= 11 is 0. The van der Waals surface area contributed by atoms with Gasteiger partial charge in [-0.2, -0.15) is 0 Å². The minimum atomic E-state index is -0.495. The molecule has 0 radical (unpaired) electrons. The van der Waals surface area contributed by atoms with Gasteiger partial charge in [0.25, 0.3) is 5.91 Å². The maximum atomic E-state index is 12.7. The summed E-state index contributed by atoms with van der Waals surface area (Å²) < 4.78 is 6.01. The van der Waals surface area contributed by atoms with E-state index in [1.54, 1.807) is 0 Å². The first-order valence-corrected chi connectivity index (χ1v) is 11.0. The number of rotatable bonds is 5. The van der Waals surface area contributed by atoms with E-state index in [-0.39, 0.29) is 5.91 Å². The van der Waals surface area contributed by atoms with Gasteiger partial charge in [-0.05, 0) is 67.0 Å². The lowest BCUT2D eigenvalue weighted by molar-refractivity contribution is -0.138. The fourth-order valence-electron chi connectivity index (χ4n) is 4.31. The van der Waals surface area contributed by atoms with Gasteiger partial charge in [0.1, 0.15) is 5.75 Å². The summed E-state index contributed by atoms with van der Waals surface area (Å²) in [4.78, 5) is 19.2. The summed E-state index contributed by atoms with van der Waals surface area (Å²) in [6.45, 7) is 7.95. The SMILES string of the molecule is CC(C)c1ccccc1-c1ccnc2cc(O[C@H](C)C(=O)N3CCCCC3)ccc12. The summed E-state index contributed by atoms with van der Waals surface area (Å²) in [5.74, 6) is 1.19. The maximum absolute atomic E-state index is 12.7. The average Bonchev–Trinajstić information content (AvgIpc) is 2.78. The number of likely N-dealkylation sites (tertiary alicyclic amines) is 1. The van der Waals surface area contributed by atoms with Crippen molar-refractivity contribution in [2.45, 2.75) is 52.1 Å². The molecule has 2 aromatic carbocycles. The number of carbonyl (C=O) groups excluding carboxylic acids is 1. The Kier molecular flexibility index (Phi) is 6.03. The third kappa shape index (κ3) is 4.18. The van der Waals surface area contributed by atoms with Crippen LogP contribution in [0.15, 0.2) is 54.7 Å². The van der Waals surface area contributed by atoms with Crippen LogP contribution in [0.2, 0.25) is 0 Å². The standard InChI is InChI=1S/C26H30N2O2/c1-18(2)21-9-5-6-10-22(21)23-13-14-27-25-17-20(11-12-24(23)25)30-19(3)26(29)28-15-7-4-8-16-28/h5-6,9-14,17-19H,4,7-8,15-16H2,1-3H3/t19-/m1/s1. The van der Waals surface area contributed by atoms with Crippen LogP contribution in [0, 0.1) is 0 Å². The normalized spacial score (nSPS) is 15.4. The van der Waals surface area contributed by atoms with Gasteiger partial charge < -0.3 is 9.64 Å². The molecule has 1 amide bonds. The largest absolute Gasteiger partial charge is 0.481 e. The number of fused-ring (bicyclic) bond motifs is 1. The minimum absolute atomic E-state index is 0.0716. The number of hydrogen-bond acceptors (Lipinski definition) is 3. The van der Waals surface area contributed by atoms with Crippen molar-refractivity contribution in [3.63, 3.8) is 0 Å². The van der Waals surface area contributed by atoms with Gasteiger partial charge in [0.05, 0.1) is 5.52 Å². The first kappa shape index (κ1) is 20.4. The van der Waals surface area contributed by atoms with E-state index in [1.807, 2.05) is 30.2 Å². The molecule has 0 N–H and O–H groups in total. The molecule has 0 spiro atoms. The molecule has 156 valence electrons. The number of pyridine rings is 1. The Morgan fingerprint density at radius 2 is 1.73 bits per heavy atom. The van der Waals surface area contributed by atoms with Crippen LogP contribution in [-0.4, -0.2) is 35.0 Å². The number of hydrogen-bond donors (Lipinski definition) is 0. The predicted octanol–water partition coefficient (Wildman–Crippen LogP) is 5.81. The second-order valence-electron chi connectivity index (χ2n) is 8.43. The van der Waals surface area contributed by atoms with Crippen molar-refractivity contribution >= 4 is 16.8 Å².